The highest BCUT2D eigenvalue weighted by atomic mass is 16.6. The van der Waals surface area contributed by atoms with Crippen LogP contribution in [0.3, 0.4) is 0 Å². The monoisotopic (exact) mass is 334 g/mol. The van der Waals surface area contributed by atoms with Gasteiger partial charge in [-0.3, -0.25) is 4.57 Å². The van der Waals surface area contributed by atoms with Crippen LogP contribution in [0.2, 0.25) is 0 Å². The Labute approximate surface area is 133 Å². The lowest BCUT2D eigenvalue weighted by molar-refractivity contribution is -0.0511. The minimum atomic E-state index is -1.26. The predicted molar refractivity (Wildman–Crippen MR) is 78.1 cm³/mol. The third kappa shape index (κ3) is 2.12. The zero-order valence-electron chi connectivity index (χ0n) is 12.2. The van der Waals surface area contributed by atoms with E-state index >= 15 is 0 Å². The molecule has 1 aliphatic rings. The van der Waals surface area contributed by atoms with E-state index in [9.17, 15) is 15.3 Å². The maximum Gasteiger partial charge on any atom is 0.185 e. The summed E-state index contributed by atoms with van der Waals surface area (Å²) in [6, 6.07) is 0. The van der Waals surface area contributed by atoms with Crippen molar-refractivity contribution >= 4 is 17.0 Å². The molecule has 4 rings (SSSR count). The number of nitrogens with one attached hydrogen (secondary N) is 1. The number of fused-ring (bicyclic) bond motifs is 1. The number of nitrogens with zero attached hydrogens (tertiary/aromatic N) is 6. The summed E-state index contributed by atoms with van der Waals surface area (Å²) in [5.41, 5.74) is 6.92. The van der Waals surface area contributed by atoms with Crippen LogP contribution in [-0.2, 0) is 4.74 Å². The Balaban J connectivity index is 1.82. The third-order valence-corrected chi connectivity index (χ3v) is 3.88. The largest absolute Gasteiger partial charge is 0.394 e. The van der Waals surface area contributed by atoms with E-state index in [0.29, 0.717) is 16.9 Å². The summed E-state index contributed by atoms with van der Waals surface area (Å²) in [4.78, 5) is 12.6. The highest BCUT2D eigenvalue weighted by Gasteiger charge is 2.44. The second-order valence-electron chi connectivity index (χ2n) is 5.34. The first-order chi connectivity index (χ1) is 11.6. The maximum absolute atomic E-state index is 10.2. The van der Waals surface area contributed by atoms with Gasteiger partial charge in [0.15, 0.2) is 23.5 Å². The van der Waals surface area contributed by atoms with Gasteiger partial charge in [-0.1, -0.05) is 0 Å². The number of H-pyrrole nitrogens is 1. The smallest absolute Gasteiger partial charge is 0.185 e. The Hall–Kier alpha value is -2.67. The molecule has 3 aromatic heterocycles. The lowest BCUT2D eigenvalue weighted by Gasteiger charge is -2.16. The Bertz CT molecular complexity index is 865. The van der Waals surface area contributed by atoms with Crippen molar-refractivity contribution in [2.75, 3.05) is 12.3 Å². The van der Waals surface area contributed by atoms with E-state index in [2.05, 4.69) is 30.4 Å². The number of hydrogen-bond donors (Lipinski definition) is 5. The summed E-state index contributed by atoms with van der Waals surface area (Å²) in [7, 11) is 0. The number of anilines is 1. The molecule has 3 aromatic rings. The van der Waals surface area contributed by atoms with Crippen molar-refractivity contribution in [1.82, 2.24) is 34.9 Å². The standard InChI is InChI=1S/C12H14N8O4/c13-9-6-11(17-10(16-9)4-1-15-19-18-4)20(3-14-6)12-8(23)7(22)5(2-21)24-12/h1,3,5,7-8,12,21-23H,2H2,(H2,13,16,17)(H,15,18,19)/t5-,7?,8?,12-/m1/s1. The topological polar surface area (TPSA) is 181 Å². The minimum absolute atomic E-state index is 0.128. The van der Waals surface area contributed by atoms with Crippen LogP contribution in [0.1, 0.15) is 6.23 Å². The van der Waals surface area contributed by atoms with Crippen molar-refractivity contribution in [3.8, 4) is 11.5 Å². The molecule has 4 heterocycles. The number of hydrogen-bond acceptors (Lipinski definition) is 10. The highest BCUT2D eigenvalue weighted by Crippen LogP contribution is 2.32. The van der Waals surface area contributed by atoms with E-state index < -0.39 is 31.1 Å². The Morgan fingerprint density at radius 1 is 1.29 bits per heavy atom. The summed E-state index contributed by atoms with van der Waals surface area (Å²) in [6.45, 7) is -0.428. The lowest BCUT2D eigenvalue weighted by Crippen LogP contribution is -2.33. The average Bonchev–Trinajstić information content (AvgIpc) is 3.28. The minimum Gasteiger partial charge on any atom is -0.394 e. The van der Waals surface area contributed by atoms with Gasteiger partial charge in [-0.15, -0.1) is 0 Å². The number of aromatic amines is 1. The van der Waals surface area contributed by atoms with Gasteiger partial charge >= 0.3 is 0 Å². The van der Waals surface area contributed by atoms with Crippen LogP contribution < -0.4 is 5.73 Å². The van der Waals surface area contributed by atoms with Crippen LogP contribution in [0.25, 0.3) is 22.7 Å². The number of aliphatic hydroxyl groups excluding tert-OH is 3. The van der Waals surface area contributed by atoms with Crippen LogP contribution in [0.15, 0.2) is 12.5 Å². The second-order valence-corrected chi connectivity index (χ2v) is 5.34. The molecule has 1 aliphatic heterocycles. The van der Waals surface area contributed by atoms with Crippen LogP contribution in [0.5, 0.6) is 0 Å². The molecular weight excluding hydrogens is 320 g/mol. The summed E-state index contributed by atoms with van der Waals surface area (Å²) in [5, 5.41) is 39.3. The number of imidazole rings is 1. The molecule has 0 aromatic carbocycles. The molecular formula is C12H14N8O4. The summed E-state index contributed by atoms with van der Waals surface area (Å²) < 4.78 is 6.93. The lowest BCUT2D eigenvalue weighted by atomic mass is 10.1. The van der Waals surface area contributed by atoms with Gasteiger partial charge in [0.25, 0.3) is 0 Å². The SMILES string of the molecule is Nc1nc(-c2cn[nH]n2)nc2c1ncn2[C@@H]1O[C@H](CO)C(O)C1O. The van der Waals surface area contributed by atoms with Crippen LogP contribution in [0, 0.1) is 0 Å². The van der Waals surface area contributed by atoms with Crippen LogP contribution in [-0.4, -0.2) is 75.2 Å². The van der Waals surface area contributed by atoms with E-state index in [4.69, 9.17) is 10.5 Å². The van der Waals surface area contributed by atoms with E-state index in [1.807, 2.05) is 0 Å². The molecule has 0 spiro atoms. The zero-order valence-corrected chi connectivity index (χ0v) is 12.2. The summed E-state index contributed by atoms with van der Waals surface area (Å²) in [5.74, 6) is 0.353. The quantitative estimate of drug-likeness (QED) is 0.352. The number of nitrogen functional groups attached to an aromatic ring is 1. The molecule has 1 saturated heterocycles. The molecule has 126 valence electrons. The van der Waals surface area contributed by atoms with Gasteiger partial charge in [0.1, 0.15) is 29.5 Å². The van der Waals surface area contributed by atoms with E-state index in [1.54, 1.807) is 0 Å². The fraction of sp³-hybridized carbons (Fsp3) is 0.417. The Morgan fingerprint density at radius 3 is 2.79 bits per heavy atom. The number of rotatable bonds is 3. The molecule has 0 aliphatic carbocycles. The summed E-state index contributed by atoms with van der Waals surface area (Å²) in [6.07, 6.45) is -1.55. The predicted octanol–water partition coefficient (Wildman–Crippen LogP) is -2.19. The first-order valence-electron chi connectivity index (χ1n) is 7.08. The molecule has 6 N–H and O–H groups in total. The highest BCUT2D eigenvalue weighted by molar-refractivity contribution is 5.83. The van der Waals surface area contributed by atoms with Gasteiger partial charge < -0.3 is 25.8 Å². The molecule has 4 atom stereocenters. The van der Waals surface area contributed by atoms with Gasteiger partial charge in [0.05, 0.1) is 19.1 Å². The molecule has 0 saturated carbocycles. The number of nitrogens with two attached hydrogens (primary N) is 1. The Kier molecular flexibility index (Phi) is 3.38. The normalized spacial score (nSPS) is 27.1. The Morgan fingerprint density at radius 2 is 2.12 bits per heavy atom. The van der Waals surface area contributed by atoms with Crippen molar-refractivity contribution in [2.24, 2.45) is 0 Å². The van der Waals surface area contributed by atoms with Gasteiger partial charge in [-0.2, -0.15) is 15.4 Å². The average molecular weight is 334 g/mol. The summed E-state index contributed by atoms with van der Waals surface area (Å²) >= 11 is 0. The van der Waals surface area contributed by atoms with E-state index in [-0.39, 0.29) is 11.6 Å². The van der Waals surface area contributed by atoms with Crippen molar-refractivity contribution < 1.29 is 20.1 Å². The maximum atomic E-state index is 10.2. The van der Waals surface area contributed by atoms with Gasteiger partial charge in [0.2, 0.25) is 0 Å². The first-order valence-corrected chi connectivity index (χ1v) is 7.08. The van der Waals surface area contributed by atoms with Crippen LogP contribution in [0.4, 0.5) is 5.82 Å². The van der Waals surface area contributed by atoms with Crippen molar-refractivity contribution in [3.05, 3.63) is 12.5 Å². The first kappa shape index (κ1) is 14.9. The number of ether oxygens (including phenoxy) is 1. The fourth-order valence-electron chi connectivity index (χ4n) is 2.66. The molecule has 24 heavy (non-hydrogen) atoms. The van der Waals surface area contributed by atoms with Crippen molar-refractivity contribution in [2.45, 2.75) is 24.5 Å². The zero-order chi connectivity index (χ0) is 16.8. The molecule has 2 unspecified atom stereocenters. The molecule has 0 radical (unpaired) electrons. The fourth-order valence-corrected chi connectivity index (χ4v) is 2.66. The number of aromatic nitrogens is 7. The molecule has 0 amide bonds. The second kappa shape index (κ2) is 5.45. The van der Waals surface area contributed by atoms with Crippen molar-refractivity contribution in [1.29, 1.82) is 0 Å². The third-order valence-electron chi connectivity index (χ3n) is 3.88. The van der Waals surface area contributed by atoms with Crippen LogP contribution >= 0.6 is 0 Å². The molecule has 12 heteroatoms. The number of aliphatic hydroxyl groups is 3. The molecule has 1 fully saturated rings. The van der Waals surface area contributed by atoms with Gasteiger partial charge in [-0.05, 0) is 0 Å². The molecule has 12 nitrogen and oxygen atoms in total. The van der Waals surface area contributed by atoms with Gasteiger partial charge in [0, 0.05) is 0 Å². The van der Waals surface area contributed by atoms with E-state index in [1.165, 1.54) is 17.1 Å². The molecule has 0 bridgehead atoms. The van der Waals surface area contributed by atoms with Crippen molar-refractivity contribution in [3.63, 3.8) is 0 Å². The van der Waals surface area contributed by atoms with Gasteiger partial charge in [-0.25, -0.2) is 15.0 Å². The van der Waals surface area contributed by atoms with E-state index in [0.717, 1.165) is 0 Å².